The van der Waals surface area contributed by atoms with E-state index in [9.17, 15) is 4.79 Å². The standard InChI is InChI=1S/C24H29N5OS/c1-24(2,3)17-6-7-18-19(13-17)31-22-20(18)21(26-15-27-22)28-9-11-29(12-10-28)23(30)16-5-4-8-25-14-16/h4-5,8,14-15,17H,6-7,9-13H2,1-3H3. The number of rotatable bonds is 2. The van der Waals surface area contributed by atoms with Gasteiger partial charge in [0.2, 0.25) is 0 Å². The summed E-state index contributed by atoms with van der Waals surface area (Å²) < 4.78 is 0. The van der Waals surface area contributed by atoms with Gasteiger partial charge in [0, 0.05) is 43.4 Å². The Labute approximate surface area is 187 Å². The largest absolute Gasteiger partial charge is 0.352 e. The van der Waals surface area contributed by atoms with Gasteiger partial charge >= 0.3 is 0 Å². The van der Waals surface area contributed by atoms with Gasteiger partial charge in [0.1, 0.15) is 17.0 Å². The van der Waals surface area contributed by atoms with Crippen molar-refractivity contribution in [3.8, 4) is 0 Å². The van der Waals surface area contributed by atoms with E-state index in [0.29, 0.717) is 30.0 Å². The van der Waals surface area contributed by atoms with Crippen LogP contribution in [0.15, 0.2) is 30.9 Å². The molecule has 3 aromatic rings. The first-order valence-corrected chi connectivity index (χ1v) is 11.9. The van der Waals surface area contributed by atoms with Crippen LogP contribution in [0.3, 0.4) is 0 Å². The fourth-order valence-corrected chi connectivity index (χ4v) is 6.13. The van der Waals surface area contributed by atoms with Crippen LogP contribution in [-0.2, 0) is 12.8 Å². The van der Waals surface area contributed by atoms with E-state index in [4.69, 9.17) is 4.98 Å². The topological polar surface area (TPSA) is 62.2 Å². The zero-order valence-corrected chi connectivity index (χ0v) is 19.3. The summed E-state index contributed by atoms with van der Waals surface area (Å²) in [5, 5.41) is 1.25. The third-order valence-corrected chi connectivity index (χ3v) is 7.99. The Bertz CT molecular complexity index is 1100. The summed E-state index contributed by atoms with van der Waals surface area (Å²) in [6, 6.07) is 3.64. The Kier molecular flexibility index (Phi) is 5.16. The second kappa shape index (κ2) is 7.86. The predicted molar refractivity (Wildman–Crippen MR) is 125 cm³/mol. The molecule has 0 N–H and O–H groups in total. The maximum Gasteiger partial charge on any atom is 0.255 e. The van der Waals surface area contributed by atoms with Crippen molar-refractivity contribution in [2.75, 3.05) is 31.1 Å². The van der Waals surface area contributed by atoms with Gasteiger partial charge in [-0.3, -0.25) is 9.78 Å². The van der Waals surface area contributed by atoms with Gasteiger partial charge in [0.25, 0.3) is 5.91 Å². The summed E-state index contributed by atoms with van der Waals surface area (Å²) in [6.45, 7) is 10.0. The quantitative estimate of drug-likeness (QED) is 0.604. The molecule has 1 amide bonds. The number of carbonyl (C=O) groups excluding carboxylic acids is 1. The third kappa shape index (κ3) is 3.80. The molecule has 0 saturated carbocycles. The van der Waals surface area contributed by atoms with Gasteiger partial charge in [-0.2, -0.15) is 0 Å². The van der Waals surface area contributed by atoms with Crippen molar-refractivity contribution >= 4 is 33.3 Å². The lowest BCUT2D eigenvalue weighted by Gasteiger charge is -2.36. The Morgan fingerprint density at radius 2 is 1.97 bits per heavy atom. The molecule has 7 heteroatoms. The molecule has 162 valence electrons. The third-order valence-electron chi connectivity index (χ3n) is 6.82. The molecule has 0 radical (unpaired) electrons. The van der Waals surface area contributed by atoms with Crippen molar-refractivity contribution in [2.45, 2.75) is 40.0 Å². The Balaban J connectivity index is 1.37. The van der Waals surface area contributed by atoms with Gasteiger partial charge in [-0.1, -0.05) is 20.8 Å². The summed E-state index contributed by atoms with van der Waals surface area (Å²) >= 11 is 1.85. The molecule has 1 unspecified atom stereocenters. The number of piperazine rings is 1. The van der Waals surface area contributed by atoms with Gasteiger partial charge in [-0.15, -0.1) is 11.3 Å². The van der Waals surface area contributed by atoms with E-state index in [2.05, 4.69) is 35.6 Å². The normalized spacial score (nSPS) is 19.5. The van der Waals surface area contributed by atoms with Crippen molar-refractivity contribution < 1.29 is 4.79 Å². The number of hydrogen-bond acceptors (Lipinski definition) is 6. The van der Waals surface area contributed by atoms with E-state index in [1.807, 2.05) is 28.4 Å². The van der Waals surface area contributed by atoms with Gasteiger partial charge in [-0.05, 0) is 48.3 Å². The van der Waals surface area contributed by atoms with Crippen molar-refractivity contribution in [2.24, 2.45) is 11.3 Å². The maximum atomic E-state index is 12.8. The highest BCUT2D eigenvalue weighted by Gasteiger charge is 2.33. The van der Waals surface area contributed by atoms with Crippen molar-refractivity contribution in [1.29, 1.82) is 0 Å². The molecule has 2 aliphatic rings. The van der Waals surface area contributed by atoms with Gasteiger partial charge in [0.05, 0.1) is 10.9 Å². The SMILES string of the molecule is CC(C)(C)C1CCc2c(sc3ncnc(N4CCN(C(=O)c5cccnc5)CC4)c23)C1. The van der Waals surface area contributed by atoms with Crippen molar-refractivity contribution in [3.05, 3.63) is 46.9 Å². The van der Waals surface area contributed by atoms with Crippen molar-refractivity contribution in [3.63, 3.8) is 0 Å². The number of amides is 1. The molecular weight excluding hydrogens is 406 g/mol. The molecule has 0 spiro atoms. The van der Waals surface area contributed by atoms with Crippen LogP contribution in [0.25, 0.3) is 10.2 Å². The van der Waals surface area contributed by atoms with E-state index in [0.717, 1.165) is 36.6 Å². The monoisotopic (exact) mass is 435 g/mol. The summed E-state index contributed by atoms with van der Waals surface area (Å²) in [5.41, 5.74) is 2.45. The van der Waals surface area contributed by atoms with Crippen LogP contribution in [-0.4, -0.2) is 51.9 Å². The molecule has 6 nitrogen and oxygen atoms in total. The van der Waals surface area contributed by atoms with Crippen LogP contribution in [0.5, 0.6) is 0 Å². The number of aromatic nitrogens is 3. The minimum atomic E-state index is 0.0571. The first-order chi connectivity index (χ1) is 14.9. The van der Waals surface area contributed by atoms with Gasteiger partial charge < -0.3 is 9.80 Å². The second-order valence-electron chi connectivity index (χ2n) is 9.71. The van der Waals surface area contributed by atoms with E-state index in [1.54, 1.807) is 18.7 Å². The molecule has 1 atom stereocenters. The number of carbonyl (C=O) groups is 1. The number of pyridine rings is 1. The lowest BCUT2D eigenvalue weighted by atomic mass is 9.72. The number of anilines is 1. The number of nitrogens with zero attached hydrogens (tertiary/aromatic N) is 5. The average molecular weight is 436 g/mol. The van der Waals surface area contributed by atoms with Crippen LogP contribution in [0.4, 0.5) is 5.82 Å². The van der Waals surface area contributed by atoms with Crippen LogP contribution < -0.4 is 4.90 Å². The number of aryl methyl sites for hydroxylation is 1. The summed E-state index contributed by atoms with van der Waals surface area (Å²) in [7, 11) is 0. The maximum absolute atomic E-state index is 12.8. The lowest BCUT2D eigenvalue weighted by molar-refractivity contribution is 0.0746. The molecule has 0 bridgehead atoms. The molecule has 4 heterocycles. The fraction of sp³-hybridized carbons (Fsp3) is 0.500. The lowest BCUT2D eigenvalue weighted by Crippen LogP contribution is -2.49. The molecule has 1 aliphatic heterocycles. The van der Waals surface area contributed by atoms with Gasteiger partial charge in [0.15, 0.2) is 0 Å². The zero-order chi connectivity index (χ0) is 21.6. The highest BCUT2D eigenvalue weighted by Crippen LogP contribution is 2.44. The summed E-state index contributed by atoms with van der Waals surface area (Å²) in [5.74, 6) is 1.82. The smallest absolute Gasteiger partial charge is 0.255 e. The molecule has 31 heavy (non-hydrogen) atoms. The number of hydrogen-bond donors (Lipinski definition) is 0. The fourth-order valence-electron chi connectivity index (χ4n) is 4.87. The highest BCUT2D eigenvalue weighted by molar-refractivity contribution is 7.19. The van der Waals surface area contributed by atoms with Crippen molar-refractivity contribution in [1.82, 2.24) is 19.9 Å². The number of thiophene rings is 1. The first kappa shape index (κ1) is 20.4. The highest BCUT2D eigenvalue weighted by atomic mass is 32.1. The summed E-state index contributed by atoms with van der Waals surface area (Å²) in [6.07, 6.45) is 8.52. The van der Waals surface area contributed by atoms with E-state index >= 15 is 0 Å². The molecule has 0 aromatic carbocycles. The molecule has 1 fully saturated rings. The molecular formula is C24H29N5OS. The predicted octanol–water partition coefficient (Wildman–Crippen LogP) is 4.20. The Morgan fingerprint density at radius 1 is 1.16 bits per heavy atom. The minimum Gasteiger partial charge on any atom is -0.352 e. The van der Waals surface area contributed by atoms with E-state index in [1.165, 1.54) is 22.2 Å². The molecule has 1 aliphatic carbocycles. The van der Waals surface area contributed by atoms with Gasteiger partial charge in [-0.25, -0.2) is 9.97 Å². The molecule has 3 aromatic heterocycles. The van der Waals surface area contributed by atoms with Crippen LogP contribution in [0.2, 0.25) is 0 Å². The van der Waals surface area contributed by atoms with Crippen LogP contribution in [0.1, 0.15) is 48.0 Å². The van der Waals surface area contributed by atoms with Crippen LogP contribution in [0, 0.1) is 11.3 Å². The zero-order valence-electron chi connectivity index (χ0n) is 18.5. The molecule has 5 rings (SSSR count). The average Bonchev–Trinajstić information content (AvgIpc) is 3.17. The Hall–Kier alpha value is -2.54. The Morgan fingerprint density at radius 3 is 2.68 bits per heavy atom. The van der Waals surface area contributed by atoms with E-state index in [-0.39, 0.29) is 5.91 Å². The number of fused-ring (bicyclic) bond motifs is 3. The first-order valence-electron chi connectivity index (χ1n) is 11.1. The summed E-state index contributed by atoms with van der Waals surface area (Å²) in [4.78, 5) is 33.0. The van der Waals surface area contributed by atoms with Crippen LogP contribution >= 0.6 is 11.3 Å². The molecule has 1 saturated heterocycles. The second-order valence-corrected chi connectivity index (χ2v) is 10.8. The minimum absolute atomic E-state index is 0.0571. The van der Waals surface area contributed by atoms with E-state index < -0.39 is 0 Å².